The number of nitrogen functional groups attached to an aromatic ring is 1. The number of rotatable bonds is 3. The summed E-state index contributed by atoms with van der Waals surface area (Å²) in [5.74, 6) is 2.10. The largest absolute Gasteiger partial charge is 0.382 e. The number of carbonyl (C=O) groups excluding carboxylic acids is 1. The second kappa shape index (κ2) is 5.19. The Bertz CT molecular complexity index is 891. The summed E-state index contributed by atoms with van der Waals surface area (Å²) in [6.45, 7) is 1.57. The van der Waals surface area contributed by atoms with Crippen molar-refractivity contribution in [2.75, 3.05) is 5.73 Å². The molecule has 23 heavy (non-hydrogen) atoms. The molecule has 5 nitrogen and oxygen atoms in total. The van der Waals surface area contributed by atoms with Crippen LogP contribution in [0.2, 0.25) is 0 Å². The summed E-state index contributed by atoms with van der Waals surface area (Å²) in [6.07, 6.45) is 7.24. The number of hydrogen-bond acceptors (Lipinski definition) is 4. The third kappa shape index (κ3) is 2.20. The summed E-state index contributed by atoms with van der Waals surface area (Å²) in [6, 6.07) is 7.52. The molecule has 1 saturated carbocycles. The van der Waals surface area contributed by atoms with Gasteiger partial charge in [0.05, 0.1) is 0 Å². The van der Waals surface area contributed by atoms with Crippen molar-refractivity contribution >= 4 is 17.1 Å². The van der Waals surface area contributed by atoms with Crippen molar-refractivity contribution in [2.45, 2.75) is 32.1 Å². The Labute approximate surface area is 134 Å². The Balaban J connectivity index is 1.90. The zero-order valence-corrected chi connectivity index (χ0v) is 13.0. The molecular formula is C18H18N4O. The van der Waals surface area contributed by atoms with E-state index in [9.17, 15) is 4.79 Å². The van der Waals surface area contributed by atoms with Crippen molar-refractivity contribution in [3.05, 3.63) is 48.0 Å². The number of hydrogen-bond donors (Lipinski definition) is 1. The zero-order valence-electron chi connectivity index (χ0n) is 13.0. The Kier molecular flexibility index (Phi) is 3.15. The molecule has 1 aliphatic carbocycles. The summed E-state index contributed by atoms with van der Waals surface area (Å²) in [5, 5.41) is 0. The predicted molar refractivity (Wildman–Crippen MR) is 89.4 cm³/mol. The highest BCUT2D eigenvalue weighted by Crippen LogP contribution is 2.39. The molecule has 1 aromatic carbocycles. The SMILES string of the molecule is CC(=O)c1ccc(-c2nc(C3CCC3)n3ccnc(N)c23)cc1. The monoisotopic (exact) mass is 306 g/mol. The van der Waals surface area contributed by atoms with Gasteiger partial charge in [-0.25, -0.2) is 9.97 Å². The minimum Gasteiger partial charge on any atom is -0.382 e. The molecule has 3 aromatic rings. The molecule has 0 bridgehead atoms. The van der Waals surface area contributed by atoms with Crippen LogP contribution >= 0.6 is 0 Å². The van der Waals surface area contributed by atoms with Crippen molar-refractivity contribution < 1.29 is 4.79 Å². The highest BCUT2D eigenvalue weighted by atomic mass is 16.1. The Morgan fingerprint density at radius 2 is 2.00 bits per heavy atom. The summed E-state index contributed by atoms with van der Waals surface area (Å²) >= 11 is 0. The Morgan fingerprint density at radius 1 is 1.26 bits per heavy atom. The molecule has 0 unspecified atom stereocenters. The molecule has 0 aliphatic heterocycles. The van der Waals surface area contributed by atoms with Gasteiger partial charge in [0.1, 0.15) is 22.9 Å². The highest BCUT2D eigenvalue weighted by molar-refractivity contribution is 5.95. The predicted octanol–water partition coefficient (Wildman–Crippen LogP) is 3.45. The van der Waals surface area contributed by atoms with Crippen molar-refractivity contribution in [1.82, 2.24) is 14.4 Å². The molecule has 0 atom stereocenters. The zero-order chi connectivity index (χ0) is 16.0. The number of fused-ring (bicyclic) bond motifs is 1. The number of anilines is 1. The minimum atomic E-state index is 0.0579. The molecule has 0 amide bonds. The van der Waals surface area contributed by atoms with Crippen LogP contribution in [-0.2, 0) is 0 Å². The molecule has 0 radical (unpaired) electrons. The standard InChI is InChI=1S/C18H18N4O/c1-11(23)12-5-7-13(8-6-12)15-16-17(19)20-9-10-22(16)18(21-15)14-3-2-4-14/h5-10,14H,2-4H2,1H3,(H2,19,20). The lowest BCUT2D eigenvalue weighted by Gasteiger charge is -2.23. The molecule has 5 heteroatoms. The fraction of sp³-hybridized carbons (Fsp3) is 0.278. The maximum atomic E-state index is 11.4. The first-order valence-corrected chi connectivity index (χ1v) is 7.89. The van der Waals surface area contributed by atoms with Gasteiger partial charge in [-0.15, -0.1) is 0 Å². The van der Waals surface area contributed by atoms with Crippen LogP contribution in [0.15, 0.2) is 36.7 Å². The van der Waals surface area contributed by atoms with Crippen molar-refractivity contribution in [3.8, 4) is 11.3 Å². The smallest absolute Gasteiger partial charge is 0.159 e. The fourth-order valence-corrected chi connectivity index (χ4v) is 3.11. The van der Waals surface area contributed by atoms with Gasteiger partial charge >= 0.3 is 0 Å². The minimum absolute atomic E-state index is 0.0579. The summed E-state index contributed by atoms with van der Waals surface area (Å²) in [5.41, 5.74) is 9.46. The fourth-order valence-electron chi connectivity index (χ4n) is 3.11. The number of imidazole rings is 1. The lowest BCUT2D eigenvalue weighted by molar-refractivity contribution is 0.101. The van der Waals surface area contributed by atoms with Gasteiger partial charge in [-0.3, -0.25) is 9.20 Å². The second-order valence-electron chi connectivity index (χ2n) is 6.11. The molecule has 2 heterocycles. The van der Waals surface area contributed by atoms with Gasteiger partial charge in [0, 0.05) is 29.4 Å². The number of aromatic nitrogens is 3. The first-order chi connectivity index (χ1) is 11.1. The number of benzene rings is 1. The first-order valence-electron chi connectivity index (χ1n) is 7.89. The van der Waals surface area contributed by atoms with E-state index in [2.05, 4.69) is 9.38 Å². The molecule has 0 saturated heterocycles. The lowest BCUT2D eigenvalue weighted by atomic mass is 9.85. The molecule has 116 valence electrons. The molecule has 0 spiro atoms. The van der Waals surface area contributed by atoms with E-state index < -0.39 is 0 Å². The van der Waals surface area contributed by atoms with Crippen LogP contribution in [0.5, 0.6) is 0 Å². The van der Waals surface area contributed by atoms with Gasteiger partial charge in [-0.05, 0) is 19.8 Å². The third-order valence-corrected chi connectivity index (χ3v) is 4.65. The van der Waals surface area contributed by atoms with E-state index in [1.54, 1.807) is 13.1 Å². The van der Waals surface area contributed by atoms with Gasteiger partial charge in [-0.1, -0.05) is 30.7 Å². The molecule has 1 aliphatic rings. The van der Waals surface area contributed by atoms with E-state index in [0.29, 0.717) is 17.3 Å². The maximum Gasteiger partial charge on any atom is 0.159 e. The van der Waals surface area contributed by atoms with E-state index in [0.717, 1.165) is 22.6 Å². The summed E-state index contributed by atoms with van der Waals surface area (Å²) in [7, 11) is 0. The van der Waals surface area contributed by atoms with Crippen LogP contribution in [0.4, 0.5) is 5.82 Å². The van der Waals surface area contributed by atoms with Gasteiger partial charge in [-0.2, -0.15) is 0 Å². The van der Waals surface area contributed by atoms with Gasteiger partial charge < -0.3 is 5.73 Å². The van der Waals surface area contributed by atoms with Crippen LogP contribution < -0.4 is 5.73 Å². The van der Waals surface area contributed by atoms with E-state index >= 15 is 0 Å². The van der Waals surface area contributed by atoms with Crippen molar-refractivity contribution in [1.29, 1.82) is 0 Å². The van der Waals surface area contributed by atoms with E-state index in [1.807, 2.05) is 30.5 Å². The molecular weight excluding hydrogens is 288 g/mol. The Morgan fingerprint density at radius 3 is 2.61 bits per heavy atom. The number of Topliss-reactive ketones (excluding diaryl/α,β-unsaturated/α-hetero) is 1. The van der Waals surface area contributed by atoms with E-state index in [1.165, 1.54) is 19.3 Å². The molecule has 2 aromatic heterocycles. The van der Waals surface area contributed by atoms with Crippen LogP contribution in [0, 0.1) is 0 Å². The summed E-state index contributed by atoms with van der Waals surface area (Å²) < 4.78 is 2.07. The van der Waals surface area contributed by atoms with Crippen LogP contribution in [0.1, 0.15) is 48.3 Å². The highest BCUT2D eigenvalue weighted by Gasteiger charge is 2.26. The topological polar surface area (TPSA) is 73.3 Å². The Hall–Kier alpha value is -2.69. The second-order valence-corrected chi connectivity index (χ2v) is 6.11. The number of ketones is 1. The van der Waals surface area contributed by atoms with Crippen LogP contribution in [-0.4, -0.2) is 20.2 Å². The summed E-state index contributed by atoms with van der Waals surface area (Å²) in [4.78, 5) is 20.5. The molecule has 4 rings (SSSR count). The third-order valence-electron chi connectivity index (χ3n) is 4.65. The van der Waals surface area contributed by atoms with Gasteiger partial charge in [0.25, 0.3) is 0 Å². The van der Waals surface area contributed by atoms with E-state index in [4.69, 9.17) is 10.7 Å². The lowest BCUT2D eigenvalue weighted by Crippen LogP contribution is -2.12. The number of nitrogens with zero attached hydrogens (tertiary/aromatic N) is 3. The number of carbonyl (C=O) groups is 1. The average Bonchev–Trinajstić information content (AvgIpc) is 2.87. The van der Waals surface area contributed by atoms with Gasteiger partial charge in [0.15, 0.2) is 5.78 Å². The van der Waals surface area contributed by atoms with Crippen molar-refractivity contribution in [2.24, 2.45) is 0 Å². The van der Waals surface area contributed by atoms with Crippen LogP contribution in [0.25, 0.3) is 16.8 Å². The number of nitrogens with two attached hydrogens (primary N) is 1. The van der Waals surface area contributed by atoms with Gasteiger partial charge in [0.2, 0.25) is 0 Å². The molecule has 2 N–H and O–H groups in total. The maximum absolute atomic E-state index is 11.4. The normalized spacial score (nSPS) is 14.8. The average molecular weight is 306 g/mol. The molecule has 1 fully saturated rings. The van der Waals surface area contributed by atoms with Crippen molar-refractivity contribution in [3.63, 3.8) is 0 Å². The van der Waals surface area contributed by atoms with E-state index in [-0.39, 0.29) is 5.78 Å². The quantitative estimate of drug-likeness (QED) is 0.752. The first kappa shape index (κ1) is 13.9. The van der Waals surface area contributed by atoms with Crippen LogP contribution in [0.3, 0.4) is 0 Å².